The highest BCUT2D eigenvalue weighted by atomic mass is 32.2. The molecule has 0 bridgehead atoms. The fourth-order valence-corrected chi connectivity index (χ4v) is 3.49. The van der Waals surface area contributed by atoms with Gasteiger partial charge in [0.25, 0.3) is 0 Å². The number of carbonyl (C=O) groups excluding carboxylic acids is 2. The van der Waals surface area contributed by atoms with Crippen molar-refractivity contribution in [2.45, 2.75) is 18.7 Å². The molecular weight excluding hydrogens is 354 g/mol. The molecule has 0 saturated carbocycles. The van der Waals surface area contributed by atoms with Gasteiger partial charge in [0.15, 0.2) is 0 Å². The Hall–Kier alpha value is -2.45. The monoisotopic (exact) mass is 379 g/mol. The van der Waals surface area contributed by atoms with Gasteiger partial charge in [-0.25, -0.2) is 8.42 Å². The molecule has 0 saturated heterocycles. The molecule has 0 spiro atoms. The van der Waals surface area contributed by atoms with Gasteiger partial charge in [0.1, 0.15) is 0 Å². The van der Waals surface area contributed by atoms with Crippen molar-refractivity contribution < 1.29 is 18.0 Å². The molecule has 0 radical (unpaired) electrons. The number of sulfonamides is 1. The van der Waals surface area contributed by atoms with Crippen LogP contribution in [0.15, 0.2) is 48.4 Å². The Balaban J connectivity index is 3.12. The number of aryl methyl sites for hydroxylation is 2. The zero-order valence-electron chi connectivity index (χ0n) is 15.1. The number of amides is 2. The van der Waals surface area contributed by atoms with Gasteiger partial charge in [0.05, 0.1) is 18.0 Å². The van der Waals surface area contributed by atoms with Crippen molar-refractivity contribution in [1.29, 1.82) is 0 Å². The van der Waals surface area contributed by atoms with Crippen LogP contribution in [0.2, 0.25) is 0 Å². The second-order valence-corrected chi connectivity index (χ2v) is 7.64. The van der Waals surface area contributed by atoms with E-state index in [0.29, 0.717) is 0 Å². The second-order valence-electron chi connectivity index (χ2n) is 5.70. The molecule has 0 aromatic heterocycles. The molecule has 0 atom stereocenters. The van der Waals surface area contributed by atoms with E-state index in [-0.39, 0.29) is 18.0 Å². The summed E-state index contributed by atoms with van der Waals surface area (Å²) in [5.74, 6) is -1.04. The summed E-state index contributed by atoms with van der Waals surface area (Å²) >= 11 is 0. The molecule has 142 valence electrons. The molecule has 0 fully saturated rings. The number of hydrogen-bond donors (Lipinski definition) is 2. The Labute approximate surface area is 154 Å². The molecule has 0 aliphatic rings. The van der Waals surface area contributed by atoms with E-state index in [4.69, 9.17) is 0 Å². The zero-order valence-corrected chi connectivity index (χ0v) is 15.9. The van der Waals surface area contributed by atoms with Crippen molar-refractivity contribution in [3.63, 3.8) is 0 Å². The number of rotatable bonds is 10. The summed E-state index contributed by atoms with van der Waals surface area (Å²) in [6.45, 7) is 10.1. The third-order valence-corrected chi connectivity index (χ3v) is 5.43. The topological polar surface area (TPSA) is 95.6 Å². The van der Waals surface area contributed by atoms with Crippen molar-refractivity contribution >= 4 is 21.8 Å². The third-order valence-electron chi connectivity index (χ3n) is 3.64. The molecule has 8 heteroatoms. The number of carbonyl (C=O) groups is 2. The molecule has 1 rings (SSSR count). The van der Waals surface area contributed by atoms with Crippen molar-refractivity contribution in [3.8, 4) is 0 Å². The maximum absolute atomic E-state index is 12.9. The van der Waals surface area contributed by atoms with Crippen LogP contribution in [-0.4, -0.2) is 50.7 Å². The van der Waals surface area contributed by atoms with E-state index in [1.807, 2.05) is 6.92 Å². The Morgan fingerprint density at radius 1 is 1.00 bits per heavy atom. The number of benzene rings is 1. The Morgan fingerprint density at radius 3 is 1.92 bits per heavy atom. The summed E-state index contributed by atoms with van der Waals surface area (Å²) in [5.41, 5.74) is 1.75. The van der Waals surface area contributed by atoms with E-state index in [9.17, 15) is 18.0 Å². The van der Waals surface area contributed by atoms with Crippen LogP contribution in [0.5, 0.6) is 0 Å². The maximum atomic E-state index is 12.9. The van der Waals surface area contributed by atoms with E-state index in [2.05, 4.69) is 23.8 Å². The summed E-state index contributed by atoms with van der Waals surface area (Å²) in [7, 11) is -4.02. The fraction of sp³-hybridized carbons (Fsp3) is 0.333. The SMILES string of the molecule is C=CCNC(=O)CN(CC(=O)NCC=C)S(=O)(=O)c1ccc(C)c(C)c1. The maximum Gasteiger partial charge on any atom is 0.244 e. The number of hydrogen-bond acceptors (Lipinski definition) is 4. The van der Waals surface area contributed by atoms with Crippen LogP contribution in [0.4, 0.5) is 0 Å². The summed E-state index contributed by atoms with van der Waals surface area (Å²) in [4.78, 5) is 24.0. The molecule has 0 unspecified atom stereocenters. The largest absolute Gasteiger partial charge is 0.351 e. The van der Waals surface area contributed by atoms with Crippen LogP contribution in [-0.2, 0) is 19.6 Å². The molecule has 0 aliphatic carbocycles. The highest BCUT2D eigenvalue weighted by Gasteiger charge is 2.28. The van der Waals surface area contributed by atoms with E-state index in [1.165, 1.54) is 24.3 Å². The van der Waals surface area contributed by atoms with Crippen LogP contribution in [0.1, 0.15) is 11.1 Å². The van der Waals surface area contributed by atoms with Crippen LogP contribution in [0.25, 0.3) is 0 Å². The highest BCUT2D eigenvalue weighted by Crippen LogP contribution is 2.19. The van der Waals surface area contributed by atoms with Gasteiger partial charge in [-0.05, 0) is 37.1 Å². The van der Waals surface area contributed by atoms with E-state index < -0.39 is 34.9 Å². The van der Waals surface area contributed by atoms with Crippen molar-refractivity contribution in [2.24, 2.45) is 0 Å². The molecule has 7 nitrogen and oxygen atoms in total. The average Bonchev–Trinajstić information content (AvgIpc) is 2.59. The predicted molar refractivity (Wildman–Crippen MR) is 101 cm³/mol. The third kappa shape index (κ3) is 6.12. The van der Waals surface area contributed by atoms with Crippen molar-refractivity contribution in [3.05, 3.63) is 54.6 Å². The van der Waals surface area contributed by atoms with E-state index in [1.54, 1.807) is 13.0 Å². The molecule has 2 amide bonds. The Morgan fingerprint density at radius 2 is 1.50 bits per heavy atom. The molecule has 0 aliphatic heterocycles. The molecule has 2 N–H and O–H groups in total. The van der Waals surface area contributed by atoms with Crippen LogP contribution in [0, 0.1) is 13.8 Å². The average molecular weight is 379 g/mol. The van der Waals surface area contributed by atoms with Gasteiger partial charge in [-0.3, -0.25) is 9.59 Å². The fourth-order valence-electron chi connectivity index (χ4n) is 2.05. The molecule has 26 heavy (non-hydrogen) atoms. The van der Waals surface area contributed by atoms with Gasteiger partial charge < -0.3 is 10.6 Å². The predicted octanol–water partition coefficient (Wildman–Crippen LogP) is 0.899. The first kappa shape index (κ1) is 21.6. The zero-order chi connectivity index (χ0) is 19.7. The lowest BCUT2D eigenvalue weighted by molar-refractivity contribution is -0.123. The van der Waals surface area contributed by atoms with Gasteiger partial charge in [0.2, 0.25) is 21.8 Å². The second kappa shape index (κ2) is 9.88. The summed E-state index contributed by atoms with van der Waals surface area (Å²) in [5, 5.41) is 5.02. The minimum atomic E-state index is -4.02. The van der Waals surface area contributed by atoms with Gasteiger partial charge in [-0.2, -0.15) is 4.31 Å². The summed E-state index contributed by atoms with van der Waals surface area (Å²) < 4.78 is 26.7. The Kier molecular flexibility index (Phi) is 8.21. The Bertz CT molecular complexity index is 762. The van der Waals surface area contributed by atoms with Crippen molar-refractivity contribution in [1.82, 2.24) is 14.9 Å². The smallest absolute Gasteiger partial charge is 0.244 e. The first-order valence-corrected chi connectivity index (χ1v) is 9.49. The minimum absolute atomic E-state index is 0.0358. The molecular formula is C18H25N3O4S. The standard InChI is InChI=1S/C18H25N3O4S/c1-5-9-19-17(22)12-21(13-18(23)20-10-6-2)26(24,25)16-8-7-14(3)15(4)11-16/h5-8,11H,1-2,9-10,12-13H2,3-4H3,(H,19,22)(H,20,23). The normalized spacial score (nSPS) is 11.0. The lowest BCUT2D eigenvalue weighted by Gasteiger charge is -2.21. The summed E-state index contributed by atoms with van der Waals surface area (Å²) in [6, 6.07) is 4.69. The lowest BCUT2D eigenvalue weighted by Crippen LogP contribution is -2.45. The first-order valence-electron chi connectivity index (χ1n) is 8.05. The van der Waals surface area contributed by atoms with E-state index >= 15 is 0 Å². The molecule has 1 aromatic rings. The molecule has 1 aromatic carbocycles. The van der Waals surface area contributed by atoms with Crippen LogP contribution in [0.3, 0.4) is 0 Å². The number of nitrogens with one attached hydrogen (secondary N) is 2. The van der Waals surface area contributed by atoms with Crippen molar-refractivity contribution in [2.75, 3.05) is 26.2 Å². The minimum Gasteiger partial charge on any atom is -0.351 e. The van der Waals surface area contributed by atoms with Gasteiger partial charge >= 0.3 is 0 Å². The van der Waals surface area contributed by atoms with Crippen LogP contribution < -0.4 is 10.6 Å². The van der Waals surface area contributed by atoms with E-state index in [0.717, 1.165) is 15.4 Å². The highest BCUT2D eigenvalue weighted by molar-refractivity contribution is 7.89. The molecule has 0 heterocycles. The number of nitrogens with zero attached hydrogens (tertiary/aromatic N) is 1. The van der Waals surface area contributed by atoms with Crippen LogP contribution >= 0.6 is 0 Å². The summed E-state index contributed by atoms with van der Waals surface area (Å²) in [6.07, 6.45) is 2.97. The lowest BCUT2D eigenvalue weighted by atomic mass is 10.1. The van der Waals surface area contributed by atoms with Gasteiger partial charge in [-0.1, -0.05) is 18.2 Å². The van der Waals surface area contributed by atoms with Gasteiger partial charge in [-0.15, -0.1) is 13.2 Å². The quantitative estimate of drug-likeness (QED) is 0.591. The first-order chi connectivity index (χ1) is 12.2. The van der Waals surface area contributed by atoms with Gasteiger partial charge in [0, 0.05) is 13.1 Å².